The zero-order valence-electron chi connectivity index (χ0n) is 31.7. The maximum atomic E-state index is 14.2. The van der Waals surface area contributed by atoms with Crippen LogP contribution in [0.25, 0.3) is 0 Å². The zero-order valence-corrected chi connectivity index (χ0v) is 32.6. The van der Waals surface area contributed by atoms with E-state index in [0.717, 1.165) is 0 Å². The standard InChI is InChI=1S/C32H49FN7O10P.C2H6/c1-17(2)14-23(30(43)50-18(3)4)40-51(45,48-13-12-25(41)37-21-10-8-20(33)9-11-21)49-16-24(46-6)27(42)32(44)19(5)22(32)15-36-26-28(34)38-31(35)39-29(26)47-7;1-2/h8-11,15,17-19,22-24,27,42,44H,12-14,16H2,1-7H3,(H,37,41)(H,40,45)(H4,34,35,38,39);1-2H3/t19?,22?,23-,24?,27?,32-,51?;/m0./s1. The molecule has 298 valence electrons. The number of esters is 1. The molecule has 53 heavy (non-hydrogen) atoms. The van der Waals surface area contributed by atoms with E-state index in [1.165, 1.54) is 44.7 Å². The van der Waals surface area contributed by atoms with Gasteiger partial charge in [-0.15, -0.1) is 0 Å². The van der Waals surface area contributed by atoms with E-state index in [2.05, 4.69) is 25.4 Å². The number of nitrogens with zero attached hydrogens (tertiary/aromatic N) is 3. The number of aliphatic hydroxyl groups excluding tert-OH is 1. The first-order valence-electron chi connectivity index (χ1n) is 17.3. The number of rotatable bonds is 20. The van der Waals surface area contributed by atoms with Crippen molar-refractivity contribution in [3.8, 4) is 5.88 Å². The number of anilines is 3. The van der Waals surface area contributed by atoms with Crippen molar-refractivity contribution in [1.82, 2.24) is 15.1 Å². The molecule has 1 amide bonds. The molecule has 8 N–H and O–H groups in total. The average molecular weight is 772 g/mol. The SMILES string of the molecule is CC.COc1nc(N)nc(N)c1N=CC1C(C)[C@@]1(O)C(O)C(COP(=O)(N[C@@H](CC(C)C)C(=O)OC(C)C)OCCC(=O)Nc1ccc(F)cc1)OC. The summed E-state index contributed by atoms with van der Waals surface area (Å²) in [5.41, 5.74) is 10.2. The molecular weight excluding hydrogens is 716 g/mol. The predicted molar refractivity (Wildman–Crippen MR) is 198 cm³/mol. The van der Waals surface area contributed by atoms with Crippen LogP contribution in [0.1, 0.15) is 61.3 Å². The predicted octanol–water partition coefficient (Wildman–Crippen LogP) is 4.02. The van der Waals surface area contributed by atoms with Gasteiger partial charge in [0.2, 0.25) is 17.7 Å². The second-order valence-corrected chi connectivity index (χ2v) is 14.5. The van der Waals surface area contributed by atoms with Crippen LogP contribution in [0.3, 0.4) is 0 Å². The zero-order chi connectivity index (χ0) is 40.1. The van der Waals surface area contributed by atoms with Crippen LogP contribution in [-0.2, 0) is 32.7 Å². The maximum absolute atomic E-state index is 14.2. The first-order chi connectivity index (χ1) is 24.9. The fraction of sp³-hybridized carbons (Fsp3) is 0.618. The van der Waals surface area contributed by atoms with E-state index in [1.807, 2.05) is 27.7 Å². The van der Waals surface area contributed by atoms with E-state index in [0.29, 0.717) is 5.69 Å². The van der Waals surface area contributed by atoms with E-state index in [-0.39, 0.29) is 42.1 Å². The van der Waals surface area contributed by atoms with Gasteiger partial charge in [-0.25, -0.2) is 14.0 Å². The summed E-state index contributed by atoms with van der Waals surface area (Å²) >= 11 is 0. The topological polar surface area (TPSA) is 252 Å². The molecule has 17 nitrogen and oxygen atoms in total. The molecule has 1 heterocycles. The highest BCUT2D eigenvalue weighted by molar-refractivity contribution is 7.51. The first kappa shape index (κ1) is 45.4. The number of benzene rings is 1. The highest BCUT2D eigenvalue weighted by Gasteiger charge is 2.66. The van der Waals surface area contributed by atoms with Gasteiger partial charge in [0, 0.05) is 24.9 Å². The van der Waals surface area contributed by atoms with Crippen LogP contribution in [0, 0.1) is 23.6 Å². The van der Waals surface area contributed by atoms with Crippen LogP contribution in [0.4, 0.5) is 27.5 Å². The lowest BCUT2D eigenvalue weighted by Crippen LogP contribution is -2.45. The number of methoxy groups -OCH3 is 2. The lowest BCUT2D eigenvalue weighted by molar-refractivity contribution is -0.150. The number of aliphatic imine (C=N–C) groups is 1. The van der Waals surface area contributed by atoms with Gasteiger partial charge in [-0.3, -0.25) is 23.6 Å². The molecule has 0 radical (unpaired) electrons. The third-order valence-electron chi connectivity index (χ3n) is 8.06. The molecule has 7 atom stereocenters. The summed E-state index contributed by atoms with van der Waals surface area (Å²) < 4.78 is 54.7. The molecule has 0 aliphatic heterocycles. The molecule has 5 unspecified atom stereocenters. The van der Waals surface area contributed by atoms with Gasteiger partial charge < -0.3 is 41.2 Å². The summed E-state index contributed by atoms with van der Waals surface area (Å²) in [6, 6.07) is 3.98. The Bertz CT molecular complexity index is 1570. The van der Waals surface area contributed by atoms with Crippen molar-refractivity contribution >= 4 is 49.0 Å². The summed E-state index contributed by atoms with van der Waals surface area (Å²) in [5, 5.41) is 28.0. The molecule has 0 bridgehead atoms. The minimum absolute atomic E-state index is 0.0149. The Balaban J connectivity index is 0.00000477. The van der Waals surface area contributed by atoms with Gasteiger partial charge in [-0.1, -0.05) is 34.6 Å². The van der Waals surface area contributed by atoms with E-state index in [1.54, 1.807) is 20.8 Å². The van der Waals surface area contributed by atoms with Crippen LogP contribution in [0.2, 0.25) is 0 Å². The van der Waals surface area contributed by atoms with E-state index >= 15 is 0 Å². The van der Waals surface area contributed by atoms with Crippen molar-refractivity contribution in [3.05, 3.63) is 30.1 Å². The van der Waals surface area contributed by atoms with Crippen LogP contribution < -0.4 is 26.6 Å². The number of hydrogen-bond donors (Lipinski definition) is 6. The highest BCUT2D eigenvalue weighted by atomic mass is 31.2. The number of amides is 1. The molecule has 1 aromatic carbocycles. The molecule has 1 aliphatic carbocycles. The molecule has 3 rings (SSSR count). The van der Waals surface area contributed by atoms with Crippen LogP contribution >= 0.6 is 7.75 Å². The molecule has 0 saturated heterocycles. The normalized spacial score (nSPS) is 20.9. The molecular formula is C34H55FN7O10P. The Labute approximate surface area is 310 Å². The molecule has 0 spiro atoms. The third-order valence-corrected chi connectivity index (χ3v) is 9.70. The van der Waals surface area contributed by atoms with Crippen molar-refractivity contribution in [1.29, 1.82) is 0 Å². The Morgan fingerprint density at radius 1 is 1.11 bits per heavy atom. The van der Waals surface area contributed by atoms with Gasteiger partial charge in [0.15, 0.2) is 11.5 Å². The second kappa shape index (κ2) is 20.6. The van der Waals surface area contributed by atoms with Gasteiger partial charge in [0.1, 0.15) is 29.7 Å². The van der Waals surface area contributed by atoms with Gasteiger partial charge in [0.25, 0.3) is 0 Å². The van der Waals surface area contributed by atoms with Gasteiger partial charge in [0.05, 0.1) is 32.8 Å². The van der Waals surface area contributed by atoms with Crippen LogP contribution in [0.5, 0.6) is 5.88 Å². The number of nitrogens with one attached hydrogen (secondary N) is 2. The minimum Gasteiger partial charge on any atom is -0.479 e. The molecule has 1 aliphatic rings. The number of carbonyl (C=O) groups excluding carboxylic acids is 2. The van der Waals surface area contributed by atoms with Gasteiger partial charge in [-0.05, 0) is 56.4 Å². The summed E-state index contributed by atoms with van der Waals surface area (Å²) in [5.74, 6) is -3.14. The molecule has 1 aromatic heterocycles. The quantitative estimate of drug-likeness (QED) is 0.0632. The summed E-state index contributed by atoms with van der Waals surface area (Å²) in [6.07, 6.45) is -2.05. The lowest BCUT2D eigenvalue weighted by Gasteiger charge is -2.30. The van der Waals surface area contributed by atoms with Crippen LogP contribution in [-0.4, -0.2) is 95.7 Å². The summed E-state index contributed by atoms with van der Waals surface area (Å²) in [7, 11) is -1.84. The Hall–Kier alpha value is -3.77. The number of hydrogen-bond acceptors (Lipinski definition) is 15. The molecule has 1 saturated carbocycles. The lowest BCUT2D eigenvalue weighted by atomic mass is 10.0. The largest absolute Gasteiger partial charge is 0.479 e. The van der Waals surface area contributed by atoms with Gasteiger partial charge >= 0.3 is 13.7 Å². The van der Waals surface area contributed by atoms with E-state index < -0.39 is 80.4 Å². The number of nitrogens with two attached hydrogens (primary N) is 2. The summed E-state index contributed by atoms with van der Waals surface area (Å²) in [4.78, 5) is 37.6. The highest BCUT2D eigenvalue weighted by Crippen LogP contribution is 2.53. The number of ether oxygens (including phenoxy) is 3. The number of carbonyl (C=O) groups is 2. The molecule has 19 heteroatoms. The minimum atomic E-state index is -4.45. The third kappa shape index (κ3) is 12.9. The Morgan fingerprint density at radius 2 is 1.75 bits per heavy atom. The monoisotopic (exact) mass is 771 g/mol. The number of aliphatic hydroxyl groups is 2. The van der Waals surface area contributed by atoms with Gasteiger partial charge in [-0.2, -0.15) is 9.97 Å². The maximum Gasteiger partial charge on any atom is 0.406 e. The van der Waals surface area contributed by atoms with Crippen molar-refractivity contribution < 1.29 is 52.0 Å². The molecule has 2 aromatic rings. The number of aromatic nitrogens is 2. The van der Waals surface area contributed by atoms with Crippen LogP contribution in [0.15, 0.2) is 29.3 Å². The average Bonchev–Trinajstić information content (AvgIpc) is 3.63. The van der Waals surface area contributed by atoms with E-state index in [4.69, 9.17) is 34.7 Å². The first-order valence-corrected chi connectivity index (χ1v) is 18.8. The Kier molecular flexibility index (Phi) is 17.7. The van der Waals surface area contributed by atoms with Crippen molar-refractivity contribution in [2.24, 2.45) is 22.7 Å². The summed E-state index contributed by atoms with van der Waals surface area (Å²) in [6.45, 7) is 11.7. The fourth-order valence-corrected chi connectivity index (χ4v) is 6.76. The fourth-order valence-electron chi connectivity index (χ4n) is 5.27. The van der Waals surface area contributed by atoms with E-state index in [9.17, 15) is 28.8 Å². The molecule has 1 fully saturated rings. The number of nitrogen functional groups attached to an aromatic ring is 2. The second-order valence-electron chi connectivity index (χ2n) is 12.8. The Morgan fingerprint density at radius 3 is 2.32 bits per heavy atom. The van der Waals surface area contributed by atoms with Crippen molar-refractivity contribution in [2.45, 2.75) is 91.3 Å². The number of halogens is 1. The van der Waals surface area contributed by atoms with Crippen molar-refractivity contribution in [3.63, 3.8) is 0 Å². The van der Waals surface area contributed by atoms with Crippen molar-refractivity contribution in [2.75, 3.05) is 44.2 Å². The smallest absolute Gasteiger partial charge is 0.406 e.